The normalized spacial score (nSPS) is 11.6. The lowest BCUT2D eigenvalue weighted by molar-refractivity contribution is 0.284. The van der Waals surface area contributed by atoms with E-state index in [9.17, 15) is 35.7 Å². The van der Waals surface area contributed by atoms with Crippen molar-refractivity contribution in [3.63, 3.8) is 0 Å². The van der Waals surface area contributed by atoms with Gasteiger partial charge < -0.3 is 56.2 Å². The first-order valence-corrected chi connectivity index (χ1v) is 38.2. The minimum atomic E-state index is -0.491. The van der Waals surface area contributed by atoms with Crippen molar-refractivity contribution in [2.45, 2.75) is 118 Å². The summed E-state index contributed by atoms with van der Waals surface area (Å²) in [6, 6.07) is 104. The average molecular weight is 1520 g/mol. The van der Waals surface area contributed by atoms with E-state index < -0.39 is 5.41 Å². The number of aryl methyl sites for hydroxylation is 2. The van der Waals surface area contributed by atoms with Crippen LogP contribution in [0.25, 0.3) is 22.3 Å². The molecule has 15 rings (SSSR count). The molecule has 114 heavy (non-hydrogen) atoms. The maximum atomic E-state index is 9.85. The Morgan fingerprint density at radius 2 is 0.561 bits per heavy atom. The number of aromatic hydroxyl groups is 11. The lowest BCUT2D eigenvalue weighted by Gasteiger charge is -2.33. The predicted molar refractivity (Wildman–Crippen MR) is 464 cm³/mol. The minimum absolute atomic E-state index is 0.159. The van der Waals surface area contributed by atoms with E-state index in [2.05, 4.69) is 111 Å². The van der Waals surface area contributed by atoms with E-state index in [4.69, 9.17) is 20.4 Å². The summed E-state index contributed by atoms with van der Waals surface area (Å²) < 4.78 is 0. The van der Waals surface area contributed by atoms with Crippen molar-refractivity contribution >= 4 is 0 Å². The van der Waals surface area contributed by atoms with Crippen molar-refractivity contribution in [3.8, 4) is 85.5 Å². The summed E-state index contributed by atoms with van der Waals surface area (Å²) in [6.45, 7) is 23.6. The van der Waals surface area contributed by atoms with Crippen molar-refractivity contribution in [1.82, 2.24) is 0 Å². The highest BCUT2D eigenvalue weighted by Gasteiger charge is 2.46. The highest BCUT2D eigenvalue weighted by Crippen LogP contribution is 2.56. The Kier molecular flexibility index (Phi) is 28.8. The molecule has 0 fully saturated rings. The van der Waals surface area contributed by atoms with Gasteiger partial charge in [-0.25, -0.2) is 0 Å². The van der Waals surface area contributed by atoms with Crippen LogP contribution in [0.4, 0.5) is 0 Å². The molecule has 0 aromatic heterocycles. The fraction of sp³-hybridized carbons (Fsp3) is 0.184. The van der Waals surface area contributed by atoms with Crippen LogP contribution in [0.2, 0.25) is 0 Å². The van der Waals surface area contributed by atoms with Crippen LogP contribution in [0.5, 0.6) is 63.2 Å². The standard InChI is InChI=1S/C25H18O2.C15H16O2.C14H14O2.C14H22O.C13H12O2.C12H10O.C10H14O/c26-19-13-9-17(10-14-19)25(18-11-15-20(27)16-12-18)23-7-3-1-5-21(23)22-6-2-4-8-24(22)25;1-10-7-12(3-5-14(10)16)9-13-4-6-15(17)11(2)8-13;1-10(11-2-6-13(15)7-3-11)12-4-8-14(16)9-5-12;1-13(2,3)10-14(4,5)11-6-8-12(15)9-7-11;14-12-5-1-10(2-6-12)9-11-3-7-13(15)8-4-11;13-12-8-6-11(7-9-12)10-4-2-1-3-5-10;1-10(2,3)8-4-6-9(11)7-5-8/h1-16,26-27H;3-8,16-17H,9H2,1-2H3;2-10,15-16H,1H3;6-9,15H,10H2,1-5H3;1-8,14-15H,9H2;1-9,13H;4-7,11H,1-3H3. The van der Waals surface area contributed by atoms with Crippen LogP contribution in [0, 0.1) is 19.3 Å². The largest absolute Gasteiger partial charge is 0.508 e. The third kappa shape index (κ3) is 24.0. The highest BCUT2D eigenvalue weighted by atomic mass is 16.3. The van der Waals surface area contributed by atoms with Gasteiger partial charge in [0.1, 0.15) is 63.2 Å². The molecule has 11 nitrogen and oxygen atoms in total. The molecule has 584 valence electrons. The predicted octanol–water partition coefficient (Wildman–Crippen LogP) is 24.6. The van der Waals surface area contributed by atoms with Gasteiger partial charge in [0, 0.05) is 5.92 Å². The number of benzene rings is 14. The summed E-state index contributed by atoms with van der Waals surface area (Å²) in [4.78, 5) is 0. The van der Waals surface area contributed by atoms with Crippen LogP contribution in [0.15, 0.2) is 334 Å². The molecular formula is C103H106O11. The number of rotatable bonds is 11. The first-order chi connectivity index (χ1) is 54.2. The summed E-state index contributed by atoms with van der Waals surface area (Å²) >= 11 is 0. The van der Waals surface area contributed by atoms with Gasteiger partial charge in [0.2, 0.25) is 0 Å². The fourth-order valence-electron chi connectivity index (χ4n) is 14.1. The van der Waals surface area contributed by atoms with E-state index >= 15 is 0 Å². The average Bonchev–Trinajstić information content (AvgIpc) is 1.53. The third-order valence-corrected chi connectivity index (χ3v) is 19.9. The Balaban J connectivity index is 0.000000155. The molecule has 1 aliphatic rings. The number of phenols is 11. The first-order valence-electron chi connectivity index (χ1n) is 38.2. The van der Waals surface area contributed by atoms with Gasteiger partial charge in [0.25, 0.3) is 0 Å². The Bertz CT molecular complexity index is 5070. The summed E-state index contributed by atoms with van der Waals surface area (Å²) in [5, 5.41) is 103. The molecule has 0 unspecified atom stereocenters. The maximum absolute atomic E-state index is 9.85. The van der Waals surface area contributed by atoms with Gasteiger partial charge in [-0.3, -0.25) is 0 Å². The number of fused-ring (bicyclic) bond motifs is 3. The maximum Gasteiger partial charge on any atom is 0.118 e. The second-order valence-electron chi connectivity index (χ2n) is 31.6. The van der Waals surface area contributed by atoms with Gasteiger partial charge >= 0.3 is 0 Å². The van der Waals surface area contributed by atoms with Crippen LogP contribution >= 0.6 is 0 Å². The second kappa shape index (κ2) is 38.7. The van der Waals surface area contributed by atoms with Crippen LogP contribution in [0.3, 0.4) is 0 Å². The zero-order chi connectivity index (χ0) is 82.3. The van der Waals surface area contributed by atoms with Crippen LogP contribution < -0.4 is 0 Å². The molecule has 0 spiro atoms. The van der Waals surface area contributed by atoms with Gasteiger partial charge in [0.05, 0.1) is 5.41 Å². The SMILES string of the molecule is CC(C)(C)CC(C)(C)c1ccc(O)cc1.CC(C)(C)c1ccc(O)cc1.CC(c1ccc(O)cc1)c1ccc(O)cc1.Cc1cc(Cc2ccc(O)c(C)c2)ccc1O.Oc1ccc(-c2ccccc2)cc1.Oc1ccc(C2(c3ccc(O)cc3)c3ccccc3-c3ccccc32)cc1.Oc1ccc(Cc2ccc(O)cc2)cc1. The molecule has 0 saturated heterocycles. The zero-order valence-electron chi connectivity index (χ0n) is 66.9. The number of phenolic OH excluding ortho intramolecular Hbond substituents is 11. The van der Waals surface area contributed by atoms with Crippen LogP contribution in [0.1, 0.15) is 153 Å². The Hall–Kier alpha value is -13.1. The second-order valence-corrected chi connectivity index (χ2v) is 31.6. The lowest BCUT2D eigenvalue weighted by atomic mass is 9.68. The topological polar surface area (TPSA) is 223 Å². The first kappa shape index (κ1) is 84.9. The summed E-state index contributed by atoms with van der Waals surface area (Å²) in [5.41, 5.74) is 20.7. The van der Waals surface area contributed by atoms with Crippen LogP contribution in [-0.2, 0) is 29.1 Å². The summed E-state index contributed by atoms with van der Waals surface area (Å²) in [7, 11) is 0. The van der Waals surface area contributed by atoms with Crippen molar-refractivity contribution in [3.05, 3.63) is 412 Å². The molecular weight excluding hydrogens is 1410 g/mol. The molecule has 14 aromatic carbocycles. The van der Waals surface area contributed by atoms with E-state index in [0.29, 0.717) is 34.2 Å². The number of hydrogen-bond acceptors (Lipinski definition) is 11. The Morgan fingerprint density at radius 1 is 0.281 bits per heavy atom. The summed E-state index contributed by atoms with van der Waals surface area (Å²) in [6.07, 6.45) is 2.74. The molecule has 0 bridgehead atoms. The van der Waals surface area contributed by atoms with E-state index in [1.165, 1.54) is 38.9 Å². The zero-order valence-corrected chi connectivity index (χ0v) is 66.9. The van der Waals surface area contributed by atoms with Crippen molar-refractivity contribution in [2.24, 2.45) is 5.41 Å². The van der Waals surface area contributed by atoms with Gasteiger partial charge in [-0.15, -0.1) is 0 Å². The number of hydrogen-bond donors (Lipinski definition) is 11. The molecule has 0 amide bonds. The highest BCUT2D eigenvalue weighted by molar-refractivity contribution is 5.86. The Morgan fingerprint density at radius 3 is 0.904 bits per heavy atom. The van der Waals surface area contributed by atoms with Crippen molar-refractivity contribution in [1.29, 1.82) is 0 Å². The quantitative estimate of drug-likeness (QED) is 0.0585. The molecule has 11 heteroatoms. The molecule has 1 aliphatic carbocycles. The van der Waals surface area contributed by atoms with Crippen molar-refractivity contribution < 1.29 is 56.2 Å². The lowest BCUT2D eigenvalue weighted by Crippen LogP contribution is -2.28. The molecule has 0 heterocycles. The van der Waals surface area contributed by atoms with Gasteiger partial charge in [0.15, 0.2) is 0 Å². The van der Waals surface area contributed by atoms with Gasteiger partial charge in [-0.05, 0) is 271 Å². The van der Waals surface area contributed by atoms with Gasteiger partial charge in [-0.1, -0.05) is 275 Å². The molecule has 14 aromatic rings. The molecule has 0 radical (unpaired) electrons. The van der Waals surface area contributed by atoms with Crippen LogP contribution in [-0.4, -0.2) is 56.2 Å². The van der Waals surface area contributed by atoms with E-state index in [1.807, 2.05) is 178 Å². The summed E-state index contributed by atoms with van der Waals surface area (Å²) in [5.74, 6) is 3.51. The molecule has 0 saturated carbocycles. The Labute approximate surface area is 672 Å². The van der Waals surface area contributed by atoms with E-state index in [1.54, 1.807) is 121 Å². The molecule has 0 aliphatic heterocycles. The monoisotopic (exact) mass is 1520 g/mol. The van der Waals surface area contributed by atoms with Crippen molar-refractivity contribution in [2.75, 3.05) is 0 Å². The minimum Gasteiger partial charge on any atom is -0.508 e. The van der Waals surface area contributed by atoms with Gasteiger partial charge in [-0.2, -0.15) is 0 Å². The van der Waals surface area contributed by atoms with E-state index in [-0.39, 0.29) is 51.2 Å². The molecule has 0 atom stereocenters. The fourth-order valence-corrected chi connectivity index (χ4v) is 14.1. The van der Waals surface area contributed by atoms with E-state index in [0.717, 1.165) is 80.5 Å². The molecule has 11 N–H and O–H groups in total. The smallest absolute Gasteiger partial charge is 0.118 e. The third-order valence-electron chi connectivity index (χ3n) is 19.9.